The molecule has 3 amide bonds. The predicted molar refractivity (Wildman–Crippen MR) is 406 cm³/mol. The summed E-state index contributed by atoms with van der Waals surface area (Å²) in [5, 5.41) is 63.9. The van der Waals surface area contributed by atoms with Gasteiger partial charge in [-0.1, -0.05) is 86.5 Å². The van der Waals surface area contributed by atoms with Crippen LogP contribution >= 0.6 is 0 Å². The number of anilines is 2. The molecule has 0 spiro atoms. The van der Waals surface area contributed by atoms with E-state index in [0.717, 1.165) is 68.6 Å². The van der Waals surface area contributed by atoms with Crippen LogP contribution in [0.5, 0.6) is 0 Å². The third-order valence-electron chi connectivity index (χ3n) is 16.8. The Morgan fingerprint density at radius 1 is 0.396 bits per heavy atom. The van der Waals surface area contributed by atoms with Crippen molar-refractivity contribution in [2.75, 3.05) is 38.3 Å². The van der Waals surface area contributed by atoms with Crippen molar-refractivity contribution in [2.45, 2.75) is 125 Å². The summed E-state index contributed by atoms with van der Waals surface area (Å²) in [6.07, 6.45) is 3.13. The molecule has 0 aliphatic carbocycles. The summed E-state index contributed by atoms with van der Waals surface area (Å²) in [5.41, 5.74) is 19.4. The molecule has 8 aromatic rings. The van der Waals surface area contributed by atoms with E-state index < -0.39 is 52.3 Å². The van der Waals surface area contributed by atoms with Crippen molar-refractivity contribution in [3.05, 3.63) is 235 Å². The van der Waals surface area contributed by atoms with Crippen molar-refractivity contribution in [3.8, 4) is 33.4 Å². The first-order chi connectivity index (χ1) is 50.6. The molecule has 0 aliphatic rings. The fraction of sp³-hybridized carbons (Fsp3) is 0.295. The van der Waals surface area contributed by atoms with Crippen LogP contribution in [0.1, 0.15) is 150 Å². The van der Waals surface area contributed by atoms with Crippen LogP contribution in [-0.2, 0) is 72.9 Å². The summed E-state index contributed by atoms with van der Waals surface area (Å²) in [6, 6.07) is 44.4. The number of benzene rings is 8. The van der Waals surface area contributed by atoms with Gasteiger partial charge < -0.3 is 35.4 Å². The molecule has 28 heteroatoms. The Labute approximate surface area is 617 Å². The largest absolute Gasteiger partial charge is 0.478 e. The average molecular weight is 1490 g/mol. The van der Waals surface area contributed by atoms with Gasteiger partial charge in [0.05, 0.1) is 53.2 Å². The Hall–Kier alpha value is -9.84. The first-order valence-electron chi connectivity index (χ1n) is 34.0. The molecule has 0 aromatic heterocycles. The molecule has 106 heavy (non-hydrogen) atoms. The number of aromatic carboxylic acids is 3. The van der Waals surface area contributed by atoms with Crippen LogP contribution in [0, 0.1) is 13.8 Å². The van der Waals surface area contributed by atoms with Crippen LogP contribution in [0.3, 0.4) is 0 Å². The highest BCUT2D eigenvalue weighted by Crippen LogP contribution is 2.32. The van der Waals surface area contributed by atoms with Crippen LogP contribution in [0.4, 0.5) is 11.4 Å². The molecule has 564 valence electrons. The number of hydrogen-bond donors (Lipinski definition) is 12. The van der Waals surface area contributed by atoms with E-state index in [0.29, 0.717) is 51.3 Å². The molecule has 8 rings (SSSR count). The molecule has 26 nitrogen and oxygen atoms in total. The fourth-order valence-corrected chi connectivity index (χ4v) is 20.7. The number of carbonyl (C=O) groups excluding carboxylic acids is 4. The lowest BCUT2D eigenvalue weighted by Gasteiger charge is -2.34. The first-order valence-corrected chi connectivity index (χ1v) is 40.3. The number of ketones is 1. The highest BCUT2D eigenvalue weighted by atomic mass is 28.4. The minimum absolute atomic E-state index is 0.00256. The lowest BCUT2D eigenvalue weighted by molar-refractivity contribution is -0.253. The Bertz CT molecular complexity index is 4380. The lowest BCUT2D eigenvalue weighted by atomic mass is 9.95. The van der Waals surface area contributed by atoms with Crippen LogP contribution in [-0.4, -0.2) is 117 Å². The Balaban J connectivity index is 0.000000250. The highest BCUT2D eigenvalue weighted by molar-refractivity contribution is 6.84. The summed E-state index contributed by atoms with van der Waals surface area (Å²) in [6.45, 7) is 17.4. The van der Waals surface area contributed by atoms with E-state index in [9.17, 15) is 48.9 Å². The van der Waals surface area contributed by atoms with Gasteiger partial charge in [0.15, 0.2) is 22.4 Å². The van der Waals surface area contributed by atoms with Gasteiger partial charge in [-0.2, -0.15) is 0 Å². The quantitative estimate of drug-likeness (QED) is 0.00570. The second-order valence-corrected chi connectivity index (χ2v) is 34.8. The van der Waals surface area contributed by atoms with Gasteiger partial charge in [-0.25, -0.2) is 45.5 Å². The van der Waals surface area contributed by atoms with E-state index in [1.54, 1.807) is 119 Å². The SMILES string of the molecule is CCCC[Si](C)(C)O[Si](C)(C)CCCNC(=O)c1cc(-c2ccc(COO)c(CONC)c2)ccc1C(=O)O.CNOCc1cc(-c2ccc(C(=O)O)c(C(=O)Nc3cc(C)cc(C(C)=O)c3)c2)ccc1COO.CNOCc1cc(-c2ccc(C(=O)O)c(C(=O)Nc3cccc(C)c3)c2)ccc1COO. The van der Waals surface area contributed by atoms with E-state index in [-0.39, 0.29) is 78.8 Å². The fourth-order valence-electron chi connectivity index (χ4n) is 11.6. The predicted octanol–water partition coefficient (Wildman–Crippen LogP) is 14.7. The average Bonchev–Trinajstić information content (AvgIpc) is 0.810. The number of carbonyl (C=O) groups is 7. The minimum Gasteiger partial charge on any atom is -0.478 e. The zero-order valence-corrected chi connectivity index (χ0v) is 63.3. The van der Waals surface area contributed by atoms with Gasteiger partial charge in [0.2, 0.25) is 0 Å². The Kier molecular flexibility index (Phi) is 33.5. The normalized spacial score (nSPS) is 11.2. The van der Waals surface area contributed by atoms with Crippen molar-refractivity contribution in [1.29, 1.82) is 0 Å². The van der Waals surface area contributed by atoms with Gasteiger partial charge in [-0.05, 0) is 228 Å². The van der Waals surface area contributed by atoms with Gasteiger partial charge in [-0.15, -0.1) is 0 Å². The summed E-state index contributed by atoms with van der Waals surface area (Å²) >= 11 is 0. The van der Waals surface area contributed by atoms with E-state index in [1.807, 2.05) is 43.3 Å². The summed E-state index contributed by atoms with van der Waals surface area (Å²) in [4.78, 5) is 115. The number of unbranched alkanes of at least 4 members (excludes halogenated alkanes) is 1. The third kappa shape index (κ3) is 25.7. The number of rotatable bonds is 36. The molecule has 12 N–H and O–H groups in total. The van der Waals surface area contributed by atoms with Gasteiger partial charge in [0.25, 0.3) is 17.7 Å². The molecule has 0 bridgehead atoms. The molecule has 8 aromatic carbocycles. The molecule has 0 radical (unpaired) electrons. The Morgan fingerprint density at radius 2 is 0.764 bits per heavy atom. The maximum Gasteiger partial charge on any atom is 0.336 e. The standard InChI is InChI=1S/C28H44N2O7Si2.C26H26N2O7.C24H24N2O6/c1-7-8-15-38(3,4)37-39(5,6)16-9-14-30-27(31)26-18-22(12-13-25(26)28(32)33)21-10-11-23(20-36-34)24(17-21)19-35-29-2;1-15-8-20(16(2)29)11-22(9-15)28-25(30)24-12-18(6-7-23(24)26(31)32)17-4-5-19(14-35-33)21(10-17)13-34-27-3;1-15-4-3-5-20(10-15)26-23(27)22-12-17(8-9-21(22)24(28)29)16-6-7-18(14-32-30)19(11-16)13-31-25-2/h10-13,17-18,29,34H,7-9,14-16,19-20H2,1-6H3,(H,30,31)(H,32,33);4-12,27,33H,13-14H2,1-3H3,(H,28,30)(H,31,32);3-12,25,30H,13-14H2,1-2H3,(H,26,27)(H,28,29). The molecule has 0 aliphatic heterocycles. The topological polar surface area (TPSA) is 378 Å². The van der Waals surface area contributed by atoms with Crippen molar-refractivity contribution in [1.82, 2.24) is 21.8 Å². The smallest absolute Gasteiger partial charge is 0.336 e. The van der Waals surface area contributed by atoms with Crippen LogP contribution in [0.15, 0.2) is 152 Å². The number of Topliss-reactive ketones (excluding diaryl/α,β-unsaturated/α-hetero) is 1. The summed E-state index contributed by atoms with van der Waals surface area (Å²) in [5.74, 6) is -5.29. The molecular weight excluding hydrogens is 1400 g/mol. The number of amides is 3. The molecule has 0 unspecified atom stereocenters. The van der Waals surface area contributed by atoms with E-state index in [4.69, 9.17) is 34.4 Å². The number of carboxylic acids is 3. The number of carboxylic acid groups (broad SMARTS) is 3. The molecule has 0 atom stereocenters. The van der Waals surface area contributed by atoms with Gasteiger partial charge >= 0.3 is 17.9 Å². The summed E-state index contributed by atoms with van der Waals surface area (Å²) in [7, 11) is 1.34. The molecule has 0 fully saturated rings. The molecule has 0 saturated carbocycles. The third-order valence-corrected chi connectivity index (χ3v) is 24.4. The maximum absolute atomic E-state index is 13.1. The minimum atomic E-state index is -1.87. The monoisotopic (exact) mass is 1490 g/mol. The number of hydroxylamine groups is 3. The molecular formula is C78H94N6O20Si2. The van der Waals surface area contributed by atoms with Crippen molar-refractivity contribution >= 4 is 69.4 Å². The zero-order chi connectivity index (χ0) is 77.7. The van der Waals surface area contributed by atoms with E-state index >= 15 is 0 Å². The van der Waals surface area contributed by atoms with Gasteiger partial charge in [0.1, 0.15) is 19.8 Å². The van der Waals surface area contributed by atoms with E-state index in [1.165, 1.54) is 44.0 Å². The van der Waals surface area contributed by atoms with Crippen LogP contribution < -0.4 is 32.4 Å². The Morgan fingerprint density at radius 3 is 1.13 bits per heavy atom. The second kappa shape index (κ2) is 41.8. The number of nitrogens with one attached hydrogen (secondary N) is 6. The molecule has 0 saturated heterocycles. The molecule has 0 heterocycles. The number of hydrogen-bond acceptors (Lipinski definition) is 20. The van der Waals surface area contributed by atoms with Crippen molar-refractivity contribution in [2.24, 2.45) is 0 Å². The highest BCUT2D eigenvalue weighted by Gasteiger charge is 2.32. The van der Waals surface area contributed by atoms with Crippen molar-refractivity contribution < 1.29 is 97.9 Å². The summed E-state index contributed by atoms with van der Waals surface area (Å²) < 4.78 is 6.64. The van der Waals surface area contributed by atoms with Gasteiger partial charge in [0, 0.05) is 44.6 Å². The van der Waals surface area contributed by atoms with E-state index in [2.05, 4.69) is 80.2 Å². The lowest BCUT2D eigenvalue weighted by Crippen LogP contribution is -2.44. The first kappa shape index (κ1) is 85.1. The van der Waals surface area contributed by atoms with Crippen molar-refractivity contribution in [3.63, 3.8) is 0 Å². The maximum atomic E-state index is 13.1. The second-order valence-electron chi connectivity index (χ2n) is 26.0. The van der Waals surface area contributed by atoms with Crippen LogP contribution in [0.2, 0.25) is 38.3 Å². The van der Waals surface area contributed by atoms with Crippen LogP contribution in [0.25, 0.3) is 33.4 Å². The van der Waals surface area contributed by atoms with Gasteiger partial charge in [-0.3, -0.25) is 49.5 Å². The zero-order valence-electron chi connectivity index (χ0n) is 61.3. The number of aryl methyl sites for hydroxylation is 2.